The first kappa shape index (κ1) is 13.8. The molecule has 1 atom stereocenters. The van der Waals surface area contributed by atoms with Gasteiger partial charge < -0.3 is 10.3 Å². The summed E-state index contributed by atoms with van der Waals surface area (Å²) >= 11 is 7.70. The summed E-state index contributed by atoms with van der Waals surface area (Å²) in [6, 6.07) is 0. The van der Waals surface area contributed by atoms with Gasteiger partial charge in [0.1, 0.15) is 9.39 Å². The molecular formula is C10H15ClIN3O. The van der Waals surface area contributed by atoms with Crippen molar-refractivity contribution in [2.45, 2.75) is 19.8 Å². The monoisotopic (exact) mass is 355 g/mol. The fraction of sp³-hybridized carbons (Fsp3) is 0.600. The zero-order valence-electron chi connectivity index (χ0n) is 9.09. The van der Waals surface area contributed by atoms with E-state index in [0.717, 1.165) is 19.4 Å². The van der Waals surface area contributed by atoms with Crippen LogP contribution in [0.5, 0.6) is 0 Å². The Morgan fingerprint density at radius 2 is 2.44 bits per heavy atom. The third-order valence-corrected chi connectivity index (χ3v) is 3.67. The van der Waals surface area contributed by atoms with Crippen LogP contribution in [-0.4, -0.2) is 22.4 Å². The molecule has 0 aliphatic carbocycles. The number of nitrogens with one attached hydrogen (secondary N) is 2. The lowest BCUT2D eigenvalue weighted by Crippen LogP contribution is -2.19. The van der Waals surface area contributed by atoms with Crippen LogP contribution in [0, 0.1) is 9.49 Å². The molecule has 0 aliphatic heterocycles. The second-order valence-electron chi connectivity index (χ2n) is 3.53. The van der Waals surface area contributed by atoms with E-state index < -0.39 is 0 Å². The van der Waals surface area contributed by atoms with Crippen LogP contribution in [0.4, 0.5) is 5.82 Å². The van der Waals surface area contributed by atoms with Crippen LogP contribution in [0.1, 0.15) is 19.8 Å². The maximum atomic E-state index is 11.3. The first-order valence-corrected chi connectivity index (χ1v) is 6.83. The van der Waals surface area contributed by atoms with Gasteiger partial charge in [0.15, 0.2) is 0 Å². The number of nitrogens with zero attached hydrogens (tertiary/aromatic N) is 1. The maximum absolute atomic E-state index is 11.3. The Morgan fingerprint density at radius 3 is 3.06 bits per heavy atom. The molecular weight excluding hydrogens is 340 g/mol. The largest absolute Gasteiger partial charge is 0.369 e. The highest BCUT2D eigenvalue weighted by molar-refractivity contribution is 14.1. The van der Waals surface area contributed by atoms with Gasteiger partial charge in [-0.2, -0.15) is 0 Å². The molecule has 1 unspecified atom stereocenters. The summed E-state index contributed by atoms with van der Waals surface area (Å²) in [6.07, 6.45) is 3.46. The van der Waals surface area contributed by atoms with E-state index in [9.17, 15) is 4.79 Å². The van der Waals surface area contributed by atoms with Crippen molar-refractivity contribution in [3.05, 3.63) is 20.3 Å². The number of aromatic amines is 1. The van der Waals surface area contributed by atoms with Crippen molar-refractivity contribution in [1.82, 2.24) is 9.97 Å². The van der Waals surface area contributed by atoms with E-state index in [1.165, 1.54) is 6.33 Å². The number of rotatable bonds is 6. The van der Waals surface area contributed by atoms with Crippen LogP contribution in [-0.2, 0) is 0 Å². The predicted molar refractivity (Wildman–Crippen MR) is 75.2 cm³/mol. The van der Waals surface area contributed by atoms with Crippen molar-refractivity contribution >= 4 is 40.0 Å². The Morgan fingerprint density at radius 1 is 1.69 bits per heavy atom. The predicted octanol–water partition coefficient (Wildman–Crippen LogP) is 2.44. The molecule has 1 aromatic rings. The zero-order valence-corrected chi connectivity index (χ0v) is 12.0. The lowest BCUT2D eigenvalue weighted by molar-refractivity contribution is 0.521. The minimum Gasteiger partial charge on any atom is -0.369 e. The number of aromatic nitrogens is 2. The van der Waals surface area contributed by atoms with E-state index in [0.29, 0.717) is 21.2 Å². The van der Waals surface area contributed by atoms with Gasteiger partial charge >= 0.3 is 0 Å². The molecule has 0 amide bonds. The highest BCUT2D eigenvalue weighted by atomic mass is 127. The van der Waals surface area contributed by atoms with Gasteiger partial charge in [-0.15, -0.1) is 11.6 Å². The standard InChI is InChI=1S/C10H15ClIN3O/c1-2-7(3-4-11)5-13-9-8(12)10(16)15-6-14-9/h6-7H,2-5H2,1H3,(H2,13,14,15,16). The van der Waals surface area contributed by atoms with Crippen molar-refractivity contribution in [2.24, 2.45) is 5.92 Å². The highest BCUT2D eigenvalue weighted by Gasteiger charge is 2.08. The Hall–Kier alpha value is -0.300. The first-order chi connectivity index (χ1) is 7.69. The van der Waals surface area contributed by atoms with Crippen LogP contribution in [0.2, 0.25) is 0 Å². The Kier molecular flexibility index (Phi) is 6.12. The average molecular weight is 356 g/mol. The van der Waals surface area contributed by atoms with Gasteiger partial charge in [0.05, 0.1) is 6.33 Å². The lowest BCUT2D eigenvalue weighted by atomic mass is 10.0. The molecule has 1 heterocycles. The second-order valence-corrected chi connectivity index (χ2v) is 4.98. The van der Waals surface area contributed by atoms with E-state index in [1.54, 1.807) is 0 Å². The molecule has 1 rings (SSSR count). The number of H-pyrrole nitrogens is 1. The fourth-order valence-electron chi connectivity index (χ4n) is 1.35. The smallest absolute Gasteiger partial charge is 0.266 e. The molecule has 0 radical (unpaired) electrons. The summed E-state index contributed by atoms with van der Waals surface area (Å²) in [5.74, 6) is 1.84. The zero-order chi connectivity index (χ0) is 12.0. The van der Waals surface area contributed by atoms with Gasteiger partial charge in [-0.25, -0.2) is 4.98 Å². The minimum atomic E-state index is -0.108. The molecule has 0 bridgehead atoms. The maximum Gasteiger partial charge on any atom is 0.266 e. The summed E-state index contributed by atoms with van der Waals surface area (Å²) in [4.78, 5) is 17.9. The number of hydrogen-bond acceptors (Lipinski definition) is 3. The van der Waals surface area contributed by atoms with Gasteiger partial charge in [0.25, 0.3) is 5.56 Å². The summed E-state index contributed by atoms with van der Waals surface area (Å²) in [5, 5.41) is 3.19. The van der Waals surface area contributed by atoms with E-state index in [4.69, 9.17) is 11.6 Å². The lowest BCUT2D eigenvalue weighted by Gasteiger charge is -2.14. The van der Waals surface area contributed by atoms with E-state index in [-0.39, 0.29) is 5.56 Å². The number of alkyl halides is 1. The molecule has 4 nitrogen and oxygen atoms in total. The summed E-state index contributed by atoms with van der Waals surface area (Å²) in [6.45, 7) is 2.94. The molecule has 0 fully saturated rings. The van der Waals surface area contributed by atoms with Crippen LogP contribution >= 0.6 is 34.2 Å². The van der Waals surface area contributed by atoms with Crippen molar-refractivity contribution in [3.63, 3.8) is 0 Å². The molecule has 16 heavy (non-hydrogen) atoms. The normalized spacial score (nSPS) is 12.4. The molecule has 90 valence electrons. The van der Waals surface area contributed by atoms with Crippen LogP contribution in [0.25, 0.3) is 0 Å². The van der Waals surface area contributed by atoms with Gasteiger partial charge in [-0.3, -0.25) is 4.79 Å². The Balaban J connectivity index is 2.60. The van der Waals surface area contributed by atoms with E-state index in [1.807, 2.05) is 22.6 Å². The summed E-state index contributed by atoms with van der Waals surface area (Å²) < 4.78 is 0.598. The van der Waals surface area contributed by atoms with Crippen LogP contribution in [0.15, 0.2) is 11.1 Å². The Bertz CT molecular complexity index is 383. The van der Waals surface area contributed by atoms with Crippen LogP contribution in [0.3, 0.4) is 0 Å². The summed E-state index contributed by atoms with van der Waals surface area (Å²) in [5.41, 5.74) is -0.108. The van der Waals surface area contributed by atoms with Crippen molar-refractivity contribution in [1.29, 1.82) is 0 Å². The molecule has 0 aliphatic rings. The van der Waals surface area contributed by atoms with E-state index >= 15 is 0 Å². The van der Waals surface area contributed by atoms with Gasteiger partial charge in [0, 0.05) is 12.4 Å². The Labute approximate surface area is 113 Å². The highest BCUT2D eigenvalue weighted by Crippen LogP contribution is 2.13. The second kappa shape index (κ2) is 7.11. The van der Waals surface area contributed by atoms with Gasteiger partial charge in [0.2, 0.25) is 0 Å². The third-order valence-electron chi connectivity index (χ3n) is 2.45. The van der Waals surface area contributed by atoms with Gasteiger partial charge in [-0.05, 0) is 34.9 Å². The average Bonchev–Trinajstić information content (AvgIpc) is 2.29. The number of hydrogen-bond donors (Lipinski definition) is 2. The molecule has 0 aromatic carbocycles. The molecule has 2 N–H and O–H groups in total. The molecule has 0 saturated carbocycles. The SMILES string of the molecule is CCC(CCCl)CNc1nc[nH]c(=O)c1I. The molecule has 1 aromatic heterocycles. The molecule has 6 heteroatoms. The topological polar surface area (TPSA) is 57.8 Å². The quantitative estimate of drug-likeness (QED) is 0.609. The number of halogens is 2. The van der Waals surface area contributed by atoms with Crippen LogP contribution < -0.4 is 10.9 Å². The molecule has 0 saturated heterocycles. The van der Waals surface area contributed by atoms with Crippen molar-refractivity contribution < 1.29 is 0 Å². The third kappa shape index (κ3) is 3.93. The minimum absolute atomic E-state index is 0.108. The molecule has 0 spiro atoms. The van der Waals surface area contributed by atoms with Gasteiger partial charge in [-0.1, -0.05) is 13.3 Å². The van der Waals surface area contributed by atoms with E-state index in [2.05, 4.69) is 22.2 Å². The summed E-state index contributed by atoms with van der Waals surface area (Å²) in [7, 11) is 0. The van der Waals surface area contributed by atoms with Crippen molar-refractivity contribution in [3.8, 4) is 0 Å². The fourth-order valence-corrected chi connectivity index (χ4v) is 2.15. The first-order valence-electron chi connectivity index (χ1n) is 5.22. The van der Waals surface area contributed by atoms with Crippen molar-refractivity contribution in [2.75, 3.05) is 17.7 Å². The number of anilines is 1.